The lowest BCUT2D eigenvalue weighted by Crippen LogP contribution is -2.35. The molecule has 0 saturated carbocycles. The van der Waals surface area contributed by atoms with Crippen LogP contribution in [0.15, 0.2) is 59.8 Å². The van der Waals surface area contributed by atoms with E-state index < -0.39 is 0 Å². The standard InChI is InChI=1S/C28H33ClN4O3S/c1-35-23-9-8-21(17-24(23)36-2)10-13-30-27(34)19-37-28-31-25(29)18-26(32-28)33-14-11-22(12-15-33)16-20-6-4-3-5-7-20/h3-9,17-18,22H,10-16,19H2,1-2H3,(H,30,34). The average Bonchev–Trinajstić information content (AvgIpc) is 2.92. The van der Waals surface area contributed by atoms with Crippen molar-refractivity contribution in [2.45, 2.75) is 30.8 Å². The third-order valence-electron chi connectivity index (χ3n) is 6.48. The van der Waals surface area contributed by atoms with Gasteiger partial charge < -0.3 is 19.7 Å². The van der Waals surface area contributed by atoms with E-state index in [9.17, 15) is 4.79 Å². The second kappa shape index (κ2) is 13.5. The summed E-state index contributed by atoms with van der Waals surface area (Å²) in [7, 11) is 3.22. The van der Waals surface area contributed by atoms with Gasteiger partial charge in [0.05, 0.1) is 20.0 Å². The van der Waals surface area contributed by atoms with Crippen molar-refractivity contribution in [3.05, 3.63) is 70.9 Å². The Bertz CT molecular complexity index is 1170. The number of benzene rings is 2. The number of ether oxygens (including phenoxy) is 2. The van der Waals surface area contributed by atoms with Gasteiger partial charge in [0.2, 0.25) is 5.91 Å². The lowest BCUT2D eigenvalue weighted by atomic mass is 9.90. The summed E-state index contributed by atoms with van der Waals surface area (Å²) in [6.45, 7) is 2.39. The monoisotopic (exact) mass is 540 g/mol. The Morgan fingerprint density at radius 3 is 2.51 bits per heavy atom. The number of anilines is 1. The van der Waals surface area contributed by atoms with Crippen molar-refractivity contribution in [3.8, 4) is 11.5 Å². The third-order valence-corrected chi connectivity index (χ3v) is 7.52. The maximum atomic E-state index is 12.4. The lowest BCUT2D eigenvalue weighted by molar-refractivity contribution is -0.118. The molecule has 1 saturated heterocycles. The van der Waals surface area contributed by atoms with Crippen LogP contribution in [-0.4, -0.2) is 55.5 Å². The first-order valence-electron chi connectivity index (χ1n) is 12.5. The van der Waals surface area contributed by atoms with E-state index in [2.05, 4.69) is 50.5 Å². The summed E-state index contributed by atoms with van der Waals surface area (Å²) in [6.07, 6.45) is 4.03. The molecule has 0 aliphatic carbocycles. The molecule has 3 aromatic rings. The summed E-state index contributed by atoms with van der Waals surface area (Å²) in [5, 5.41) is 3.87. The zero-order valence-electron chi connectivity index (χ0n) is 21.3. The van der Waals surface area contributed by atoms with Crippen LogP contribution in [-0.2, 0) is 17.6 Å². The number of carbonyl (C=O) groups is 1. The molecular weight excluding hydrogens is 508 g/mol. The highest BCUT2D eigenvalue weighted by Crippen LogP contribution is 2.29. The topological polar surface area (TPSA) is 76.6 Å². The van der Waals surface area contributed by atoms with Crippen molar-refractivity contribution in [1.29, 1.82) is 0 Å². The Labute approximate surface area is 227 Å². The minimum Gasteiger partial charge on any atom is -0.493 e. The first-order chi connectivity index (χ1) is 18.0. The van der Waals surface area contributed by atoms with Crippen LogP contribution in [0, 0.1) is 5.92 Å². The number of rotatable bonds is 11. The molecule has 0 atom stereocenters. The predicted octanol–water partition coefficient (Wildman–Crippen LogP) is 5.06. The number of hydrogen-bond donors (Lipinski definition) is 1. The molecule has 1 aliphatic rings. The molecule has 0 bridgehead atoms. The Morgan fingerprint density at radius 2 is 1.78 bits per heavy atom. The molecule has 1 N–H and O–H groups in total. The number of carbonyl (C=O) groups excluding carboxylic acids is 1. The highest BCUT2D eigenvalue weighted by Gasteiger charge is 2.21. The molecule has 1 aliphatic heterocycles. The molecule has 7 nitrogen and oxygen atoms in total. The van der Waals surface area contributed by atoms with Gasteiger partial charge in [0, 0.05) is 25.7 Å². The van der Waals surface area contributed by atoms with Gasteiger partial charge in [-0.25, -0.2) is 9.97 Å². The SMILES string of the molecule is COc1ccc(CCNC(=O)CSc2nc(Cl)cc(N3CCC(Cc4ccccc4)CC3)n2)cc1OC. The van der Waals surface area contributed by atoms with E-state index in [-0.39, 0.29) is 11.7 Å². The molecule has 4 rings (SSSR count). The molecule has 1 fully saturated rings. The molecule has 2 aromatic carbocycles. The summed E-state index contributed by atoms with van der Waals surface area (Å²) in [4.78, 5) is 23.7. The van der Waals surface area contributed by atoms with E-state index >= 15 is 0 Å². The number of nitrogens with one attached hydrogen (secondary N) is 1. The van der Waals surface area contributed by atoms with Crippen LogP contribution in [0.25, 0.3) is 0 Å². The van der Waals surface area contributed by atoms with Crippen LogP contribution in [0.3, 0.4) is 0 Å². The van der Waals surface area contributed by atoms with E-state index in [0.29, 0.717) is 40.7 Å². The van der Waals surface area contributed by atoms with Gasteiger partial charge >= 0.3 is 0 Å². The highest BCUT2D eigenvalue weighted by atomic mass is 35.5. The minimum atomic E-state index is -0.0719. The van der Waals surface area contributed by atoms with Gasteiger partial charge in [0.25, 0.3) is 0 Å². The Hall–Kier alpha value is -2.97. The first kappa shape index (κ1) is 27.1. The van der Waals surface area contributed by atoms with Crippen LogP contribution in [0.2, 0.25) is 5.15 Å². The van der Waals surface area contributed by atoms with Crippen LogP contribution in [0.5, 0.6) is 11.5 Å². The normalized spacial score (nSPS) is 13.9. The molecule has 37 heavy (non-hydrogen) atoms. The fourth-order valence-electron chi connectivity index (χ4n) is 4.49. The van der Waals surface area contributed by atoms with Crippen LogP contribution >= 0.6 is 23.4 Å². The molecule has 2 heterocycles. The maximum Gasteiger partial charge on any atom is 0.230 e. The maximum absolute atomic E-state index is 12.4. The fraction of sp³-hybridized carbons (Fsp3) is 0.393. The van der Waals surface area contributed by atoms with Crippen molar-refractivity contribution in [2.24, 2.45) is 5.92 Å². The van der Waals surface area contributed by atoms with Crippen molar-refractivity contribution < 1.29 is 14.3 Å². The molecule has 9 heteroatoms. The average molecular weight is 541 g/mol. The molecular formula is C28H33ClN4O3S. The largest absolute Gasteiger partial charge is 0.493 e. The highest BCUT2D eigenvalue weighted by molar-refractivity contribution is 7.99. The predicted molar refractivity (Wildman–Crippen MR) is 149 cm³/mol. The van der Waals surface area contributed by atoms with Crippen LogP contribution < -0.4 is 19.7 Å². The van der Waals surface area contributed by atoms with E-state index in [4.69, 9.17) is 21.1 Å². The van der Waals surface area contributed by atoms with E-state index in [0.717, 1.165) is 43.7 Å². The number of thioether (sulfide) groups is 1. The summed E-state index contributed by atoms with van der Waals surface area (Å²) in [6, 6.07) is 18.2. The number of nitrogens with zero attached hydrogens (tertiary/aromatic N) is 3. The Morgan fingerprint density at radius 1 is 1.03 bits per heavy atom. The van der Waals surface area contributed by atoms with Gasteiger partial charge in [-0.3, -0.25) is 4.79 Å². The molecule has 1 amide bonds. The molecule has 0 unspecified atom stereocenters. The molecule has 0 radical (unpaired) electrons. The molecule has 1 aromatic heterocycles. The summed E-state index contributed by atoms with van der Waals surface area (Å²) >= 11 is 7.61. The van der Waals surface area contributed by atoms with Gasteiger partial charge in [-0.15, -0.1) is 0 Å². The van der Waals surface area contributed by atoms with Gasteiger partial charge in [0.15, 0.2) is 16.7 Å². The van der Waals surface area contributed by atoms with Crippen LogP contribution in [0.4, 0.5) is 5.82 Å². The van der Waals surface area contributed by atoms with Crippen molar-refractivity contribution >= 4 is 35.1 Å². The molecule has 0 spiro atoms. The van der Waals surface area contributed by atoms with Gasteiger partial charge in [-0.05, 0) is 54.9 Å². The van der Waals surface area contributed by atoms with Gasteiger partial charge in [0.1, 0.15) is 11.0 Å². The van der Waals surface area contributed by atoms with E-state index in [1.54, 1.807) is 14.2 Å². The van der Waals surface area contributed by atoms with Gasteiger partial charge in [-0.2, -0.15) is 0 Å². The smallest absolute Gasteiger partial charge is 0.230 e. The second-order valence-corrected chi connectivity index (χ2v) is 10.4. The summed E-state index contributed by atoms with van der Waals surface area (Å²) < 4.78 is 10.6. The summed E-state index contributed by atoms with van der Waals surface area (Å²) in [5.41, 5.74) is 2.45. The number of methoxy groups -OCH3 is 2. The van der Waals surface area contributed by atoms with Crippen molar-refractivity contribution in [3.63, 3.8) is 0 Å². The first-order valence-corrected chi connectivity index (χ1v) is 13.8. The number of hydrogen-bond acceptors (Lipinski definition) is 7. The second-order valence-electron chi connectivity index (χ2n) is 9.03. The zero-order valence-corrected chi connectivity index (χ0v) is 22.9. The summed E-state index contributed by atoms with van der Waals surface area (Å²) in [5.74, 6) is 3.02. The zero-order chi connectivity index (χ0) is 26.0. The van der Waals surface area contributed by atoms with Crippen molar-refractivity contribution in [1.82, 2.24) is 15.3 Å². The number of amides is 1. The number of aromatic nitrogens is 2. The third kappa shape index (κ3) is 8.01. The Balaban J connectivity index is 1.23. The number of piperidine rings is 1. The van der Waals surface area contributed by atoms with Crippen molar-refractivity contribution in [2.75, 3.05) is 44.5 Å². The Kier molecular flexibility index (Phi) is 9.91. The molecule has 196 valence electrons. The van der Waals surface area contributed by atoms with E-state index in [1.165, 1.54) is 17.3 Å². The lowest BCUT2D eigenvalue weighted by Gasteiger charge is -2.33. The minimum absolute atomic E-state index is 0.0719. The fourth-order valence-corrected chi connectivity index (χ4v) is 5.40. The van der Waals surface area contributed by atoms with Gasteiger partial charge in [-0.1, -0.05) is 59.8 Å². The van der Waals surface area contributed by atoms with Crippen LogP contribution in [0.1, 0.15) is 24.0 Å². The van der Waals surface area contributed by atoms with E-state index in [1.807, 2.05) is 24.3 Å². The number of halogens is 1. The quantitative estimate of drug-likeness (QED) is 0.207.